The lowest BCUT2D eigenvalue weighted by molar-refractivity contribution is -0.117. The summed E-state index contributed by atoms with van der Waals surface area (Å²) in [4.78, 5) is 41.5. The normalized spacial score (nSPS) is 15.8. The van der Waals surface area contributed by atoms with Crippen molar-refractivity contribution in [3.63, 3.8) is 0 Å². The molecule has 2 aliphatic heterocycles. The first-order valence-electron chi connectivity index (χ1n) is 11.1. The molecule has 8 heteroatoms. The monoisotopic (exact) mass is 443 g/mol. The maximum atomic E-state index is 13.8. The maximum Gasteiger partial charge on any atom is 0.277 e. The highest BCUT2D eigenvalue weighted by Crippen LogP contribution is 2.33. The summed E-state index contributed by atoms with van der Waals surface area (Å²) in [5.74, 6) is -0.745. The predicted octanol–water partition coefficient (Wildman–Crippen LogP) is 2.92. The number of nitrogens with two attached hydrogens (primary N) is 1. The Morgan fingerprint density at radius 1 is 0.939 bits per heavy atom. The Labute approximate surface area is 191 Å². The number of carbonyl (C=O) groups is 3. The lowest BCUT2D eigenvalue weighted by Crippen LogP contribution is -2.39. The zero-order valence-electron chi connectivity index (χ0n) is 18.7. The number of carbonyl (C=O) groups excluding carboxylic acids is 3. The van der Waals surface area contributed by atoms with Gasteiger partial charge >= 0.3 is 0 Å². The van der Waals surface area contributed by atoms with E-state index in [2.05, 4.69) is 5.10 Å². The van der Waals surface area contributed by atoms with E-state index in [1.54, 1.807) is 14.5 Å². The third-order valence-electron chi connectivity index (χ3n) is 6.45. The molecule has 3 heterocycles. The fourth-order valence-corrected chi connectivity index (χ4v) is 4.79. The molecule has 1 saturated heterocycles. The molecule has 0 saturated carbocycles. The van der Waals surface area contributed by atoms with Crippen LogP contribution in [0.4, 0.5) is 11.4 Å². The van der Waals surface area contributed by atoms with Crippen molar-refractivity contribution in [3.05, 3.63) is 70.5 Å². The van der Waals surface area contributed by atoms with Crippen molar-refractivity contribution in [2.24, 2.45) is 5.73 Å². The number of hydrogen-bond acceptors (Lipinski definition) is 4. The SMILES string of the molecule is Cc1cc(N2CCCC2=O)ccc1N1CCc2c(C(N)=O)nn(-c3ccccc3C)c2C1=O. The molecule has 8 nitrogen and oxygen atoms in total. The van der Waals surface area contributed by atoms with Crippen LogP contribution in [-0.2, 0) is 11.2 Å². The molecule has 0 aliphatic carbocycles. The number of primary amides is 1. The summed E-state index contributed by atoms with van der Waals surface area (Å²) >= 11 is 0. The smallest absolute Gasteiger partial charge is 0.277 e. The summed E-state index contributed by atoms with van der Waals surface area (Å²) in [7, 11) is 0. The number of amides is 3. The van der Waals surface area contributed by atoms with Gasteiger partial charge in [0.1, 0.15) is 5.69 Å². The fourth-order valence-electron chi connectivity index (χ4n) is 4.79. The van der Waals surface area contributed by atoms with Crippen molar-refractivity contribution in [3.8, 4) is 5.69 Å². The Kier molecular flexibility index (Phi) is 5.00. The average Bonchev–Trinajstić information content (AvgIpc) is 3.39. The van der Waals surface area contributed by atoms with E-state index in [9.17, 15) is 14.4 Å². The second kappa shape index (κ2) is 7.88. The van der Waals surface area contributed by atoms with Crippen LogP contribution in [0, 0.1) is 13.8 Å². The first-order valence-corrected chi connectivity index (χ1v) is 11.1. The molecule has 5 rings (SSSR count). The number of nitrogens with zero attached hydrogens (tertiary/aromatic N) is 4. The minimum absolute atomic E-state index is 0.127. The average molecular weight is 444 g/mol. The third-order valence-corrected chi connectivity index (χ3v) is 6.45. The number of aromatic nitrogens is 2. The number of hydrogen-bond donors (Lipinski definition) is 1. The van der Waals surface area contributed by atoms with Crippen molar-refractivity contribution in [1.29, 1.82) is 0 Å². The van der Waals surface area contributed by atoms with Crippen LogP contribution in [0.15, 0.2) is 42.5 Å². The molecule has 2 aliphatic rings. The molecule has 0 bridgehead atoms. The maximum absolute atomic E-state index is 13.8. The highest BCUT2D eigenvalue weighted by Gasteiger charge is 2.35. The molecule has 2 aromatic carbocycles. The van der Waals surface area contributed by atoms with Crippen LogP contribution < -0.4 is 15.5 Å². The first-order chi connectivity index (χ1) is 15.9. The third kappa shape index (κ3) is 3.38. The molecule has 0 unspecified atom stereocenters. The van der Waals surface area contributed by atoms with E-state index < -0.39 is 5.91 Å². The van der Waals surface area contributed by atoms with Crippen LogP contribution in [0.25, 0.3) is 5.69 Å². The zero-order valence-corrected chi connectivity index (χ0v) is 18.7. The minimum Gasteiger partial charge on any atom is -0.364 e. The Bertz CT molecular complexity index is 1310. The molecule has 3 amide bonds. The number of aryl methyl sites for hydroxylation is 2. The van der Waals surface area contributed by atoms with E-state index >= 15 is 0 Å². The molecule has 33 heavy (non-hydrogen) atoms. The summed E-state index contributed by atoms with van der Waals surface area (Å²) in [6.07, 6.45) is 1.90. The van der Waals surface area contributed by atoms with Gasteiger partial charge in [-0.1, -0.05) is 18.2 Å². The molecule has 1 aromatic heterocycles. The van der Waals surface area contributed by atoms with Crippen LogP contribution in [0.2, 0.25) is 0 Å². The number of benzene rings is 2. The van der Waals surface area contributed by atoms with E-state index in [4.69, 9.17) is 5.73 Å². The standard InChI is InChI=1S/C25H25N5O3/c1-15-6-3-4-7-20(15)30-23-18(22(27-30)24(26)32)11-13-29(25(23)33)19-10-9-17(14-16(19)2)28-12-5-8-21(28)31/h3-4,6-7,9-10,14H,5,8,11-13H2,1-2H3,(H2,26,32). The Morgan fingerprint density at radius 2 is 1.73 bits per heavy atom. The molecule has 3 aromatic rings. The van der Waals surface area contributed by atoms with E-state index in [0.29, 0.717) is 30.6 Å². The Balaban J connectivity index is 1.57. The molecule has 1 fully saturated rings. The molecule has 0 radical (unpaired) electrons. The molecule has 0 spiro atoms. The summed E-state index contributed by atoms with van der Waals surface area (Å²) in [5.41, 5.74) is 10.9. The Morgan fingerprint density at radius 3 is 2.39 bits per heavy atom. The number of rotatable bonds is 4. The van der Waals surface area contributed by atoms with Crippen LogP contribution in [0.3, 0.4) is 0 Å². The second-order valence-electron chi connectivity index (χ2n) is 8.56. The summed E-state index contributed by atoms with van der Waals surface area (Å²) in [5, 5.41) is 4.45. The largest absolute Gasteiger partial charge is 0.364 e. The predicted molar refractivity (Wildman–Crippen MR) is 125 cm³/mol. The molecular weight excluding hydrogens is 418 g/mol. The molecule has 0 atom stereocenters. The topological polar surface area (TPSA) is 102 Å². The van der Waals surface area contributed by atoms with Crippen LogP contribution in [0.5, 0.6) is 0 Å². The van der Waals surface area contributed by atoms with Gasteiger partial charge in [0, 0.05) is 36.4 Å². The van der Waals surface area contributed by atoms with Gasteiger partial charge in [0.25, 0.3) is 11.8 Å². The van der Waals surface area contributed by atoms with Crippen molar-refractivity contribution in [2.75, 3.05) is 22.9 Å². The Hall–Kier alpha value is -3.94. The number of fused-ring (bicyclic) bond motifs is 1. The lowest BCUT2D eigenvalue weighted by Gasteiger charge is -2.30. The van der Waals surface area contributed by atoms with Crippen LogP contribution in [0.1, 0.15) is 50.5 Å². The number of anilines is 2. The minimum atomic E-state index is -0.643. The van der Waals surface area contributed by atoms with E-state index in [0.717, 1.165) is 41.2 Å². The van der Waals surface area contributed by atoms with Gasteiger partial charge in [0.05, 0.1) is 5.69 Å². The van der Waals surface area contributed by atoms with Gasteiger partial charge in [0.15, 0.2) is 5.69 Å². The van der Waals surface area contributed by atoms with E-state index in [-0.39, 0.29) is 17.5 Å². The first kappa shape index (κ1) is 20.9. The van der Waals surface area contributed by atoms with Gasteiger partial charge in [0.2, 0.25) is 5.91 Å². The summed E-state index contributed by atoms with van der Waals surface area (Å²) in [6.45, 7) is 5.00. The van der Waals surface area contributed by atoms with Crippen molar-refractivity contribution >= 4 is 29.1 Å². The highest BCUT2D eigenvalue weighted by molar-refractivity contribution is 6.10. The second-order valence-corrected chi connectivity index (χ2v) is 8.56. The molecular formula is C25H25N5O3. The van der Waals surface area contributed by atoms with E-state index in [1.165, 1.54) is 0 Å². The van der Waals surface area contributed by atoms with Crippen molar-refractivity contribution in [2.45, 2.75) is 33.1 Å². The van der Waals surface area contributed by atoms with Crippen LogP contribution in [-0.4, -0.2) is 40.6 Å². The van der Waals surface area contributed by atoms with Gasteiger partial charge in [-0.15, -0.1) is 0 Å². The lowest BCUT2D eigenvalue weighted by atomic mass is 10.0. The molecule has 2 N–H and O–H groups in total. The molecule has 168 valence electrons. The fraction of sp³-hybridized carbons (Fsp3) is 0.280. The van der Waals surface area contributed by atoms with Crippen LogP contribution >= 0.6 is 0 Å². The van der Waals surface area contributed by atoms with Gasteiger partial charge in [-0.05, 0) is 62.1 Å². The zero-order chi connectivity index (χ0) is 23.3. The summed E-state index contributed by atoms with van der Waals surface area (Å²) < 4.78 is 1.55. The number of para-hydroxylation sites is 1. The van der Waals surface area contributed by atoms with Gasteiger partial charge in [-0.3, -0.25) is 14.4 Å². The van der Waals surface area contributed by atoms with Gasteiger partial charge in [-0.2, -0.15) is 5.10 Å². The highest BCUT2D eigenvalue weighted by atomic mass is 16.2. The van der Waals surface area contributed by atoms with Crippen molar-refractivity contribution < 1.29 is 14.4 Å². The van der Waals surface area contributed by atoms with Crippen molar-refractivity contribution in [1.82, 2.24) is 9.78 Å². The van der Waals surface area contributed by atoms with Gasteiger partial charge < -0.3 is 15.5 Å². The van der Waals surface area contributed by atoms with E-state index in [1.807, 2.05) is 56.3 Å². The van der Waals surface area contributed by atoms with Gasteiger partial charge in [-0.25, -0.2) is 4.68 Å². The quantitative estimate of drug-likeness (QED) is 0.670. The summed E-state index contributed by atoms with van der Waals surface area (Å²) in [6, 6.07) is 13.3.